The van der Waals surface area contributed by atoms with Crippen molar-refractivity contribution in [3.8, 4) is 11.8 Å². The van der Waals surface area contributed by atoms with Gasteiger partial charge in [-0.15, -0.1) is 23.6 Å². The molecule has 1 rings (SSSR count). The van der Waals surface area contributed by atoms with E-state index in [-0.39, 0.29) is 0 Å². The van der Waals surface area contributed by atoms with E-state index in [1.807, 2.05) is 30.3 Å². The standard InChI is InChI=1S/C21H30O2S/c1-2-3-4-5-6-7-8-9-10-11-15-18-20(21(22)23)24-19-16-13-12-14-17-19/h12-14,16-17,20H,2-10,18H2,1H3,(H,22,23)/p-1. The number of carbonyl (C=O) groups excluding carboxylic acids is 1. The van der Waals surface area contributed by atoms with E-state index in [2.05, 4.69) is 18.8 Å². The molecule has 0 heterocycles. The number of benzene rings is 1. The number of carboxylic acids is 1. The van der Waals surface area contributed by atoms with E-state index in [9.17, 15) is 9.90 Å². The Labute approximate surface area is 151 Å². The Morgan fingerprint density at radius 3 is 2.25 bits per heavy atom. The lowest BCUT2D eigenvalue weighted by Crippen LogP contribution is -2.33. The summed E-state index contributed by atoms with van der Waals surface area (Å²) in [5, 5.41) is 10.6. The predicted octanol–water partition coefficient (Wildman–Crippen LogP) is 4.82. The fourth-order valence-electron chi connectivity index (χ4n) is 2.44. The summed E-state index contributed by atoms with van der Waals surface area (Å²) in [6.07, 6.45) is 11.5. The summed E-state index contributed by atoms with van der Waals surface area (Å²) in [6, 6.07) is 9.55. The zero-order chi connectivity index (χ0) is 17.5. The maximum Gasteiger partial charge on any atom is 0.0599 e. The van der Waals surface area contributed by atoms with E-state index in [0.29, 0.717) is 6.42 Å². The molecular formula is C21H29O2S-. The monoisotopic (exact) mass is 345 g/mol. The van der Waals surface area contributed by atoms with Crippen LogP contribution in [-0.4, -0.2) is 11.2 Å². The fraction of sp³-hybridized carbons (Fsp3) is 0.571. The van der Waals surface area contributed by atoms with E-state index in [1.165, 1.54) is 56.7 Å². The smallest absolute Gasteiger partial charge is 0.0599 e. The first kappa shape index (κ1) is 20.6. The van der Waals surface area contributed by atoms with Crippen LogP contribution in [0.25, 0.3) is 0 Å². The third-order valence-electron chi connectivity index (χ3n) is 3.85. The van der Waals surface area contributed by atoms with Gasteiger partial charge in [0.2, 0.25) is 0 Å². The van der Waals surface area contributed by atoms with Crippen molar-refractivity contribution in [1.29, 1.82) is 0 Å². The largest absolute Gasteiger partial charge is 0.549 e. The number of unbranched alkanes of at least 4 members (excludes halogenated alkanes) is 8. The molecule has 0 aromatic heterocycles. The van der Waals surface area contributed by atoms with Crippen LogP contribution < -0.4 is 5.11 Å². The summed E-state index contributed by atoms with van der Waals surface area (Å²) in [6.45, 7) is 2.24. The van der Waals surface area contributed by atoms with Gasteiger partial charge in [-0.1, -0.05) is 70.1 Å². The number of aliphatic carboxylic acids is 1. The summed E-state index contributed by atoms with van der Waals surface area (Å²) in [5.74, 6) is 5.09. The van der Waals surface area contributed by atoms with Crippen molar-refractivity contribution in [3.05, 3.63) is 30.3 Å². The van der Waals surface area contributed by atoms with Gasteiger partial charge in [0.1, 0.15) is 0 Å². The van der Waals surface area contributed by atoms with Gasteiger partial charge in [0.05, 0.1) is 11.2 Å². The maximum absolute atomic E-state index is 11.2. The van der Waals surface area contributed by atoms with Crippen molar-refractivity contribution in [2.24, 2.45) is 0 Å². The van der Waals surface area contributed by atoms with Crippen LogP contribution in [0.4, 0.5) is 0 Å². The minimum atomic E-state index is -1.04. The summed E-state index contributed by atoms with van der Waals surface area (Å²) in [7, 11) is 0. The third kappa shape index (κ3) is 10.4. The van der Waals surface area contributed by atoms with Crippen molar-refractivity contribution in [3.63, 3.8) is 0 Å². The van der Waals surface area contributed by atoms with Gasteiger partial charge in [0.25, 0.3) is 0 Å². The van der Waals surface area contributed by atoms with Crippen molar-refractivity contribution in [2.75, 3.05) is 0 Å². The first-order valence-corrected chi connectivity index (χ1v) is 10.00. The highest BCUT2D eigenvalue weighted by atomic mass is 32.2. The minimum Gasteiger partial charge on any atom is -0.549 e. The Morgan fingerprint density at radius 1 is 1.00 bits per heavy atom. The molecule has 0 saturated carbocycles. The molecule has 1 aromatic rings. The average Bonchev–Trinajstić information content (AvgIpc) is 2.59. The molecule has 0 fully saturated rings. The van der Waals surface area contributed by atoms with Crippen LogP contribution in [0.3, 0.4) is 0 Å². The van der Waals surface area contributed by atoms with Gasteiger partial charge in [-0.25, -0.2) is 0 Å². The van der Waals surface area contributed by atoms with Crippen LogP contribution in [-0.2, 0) is 4.79 Å². The van der Waals surface area contributed by atoms with Crippen LogP contribution in [0.1, 0.15) is 71.1 Å². The molecule has 2 nitrogen and oxygen atoms in total. The minimum absolute atomic E-state index is 0.346. The van der Waals surface area contributed by atoms with E-state index in [4.69, 9.17) is 0 Å². The summed E-state index contributed by atoms with van der Waals surface area (Å²) in [4.78, 5) is 12.2. The lowest BCUT2D eigenvalue weighted by molar-refractivity contribution is -0.304. The van der Waals surface area contributed by atoms with Crippen LogP contribution in [0.2, 0.25) is 0 Å². The number of rotatable bonds is 12. The van der Waals surface area contributed by atoms with Crippen molar-refractivity contribution in [1.82, 2.24) is 0 Å². The number of hydrogen-bond donors (Lipinski definition) is 0. The normalized spacial score (nSPS) is 11.5. The third-order valence-corrected chi connectivity index (χ3v) is 5.04. The van der Waals surface area contributed by atoms with Gasteiger partial charge in [-0.2, -0.15) is 0 Å². The summed E-state index contributed by atoms with van der Waals surface area (Å²) in [5.41, 5.74) is 0. The predicted molar refractivity (Wildman–Crippen MR) is 101 cm³/mol. The van der Waals surface area contributed by atoms with Gasteiger partial charge in [-0.3, -0.25) is 0 Å². The average molecular weight is 346 g/mol. The maximum atomic E-state index is 11.2. The second-order valence-corrected chi connectivity index (χ2v) is 7.30. The fourth-order valence-corrected chi connectivity index (χ4v) is 3.34. The molecule has 0 radical (unpaired) electrons. The Kier molecular flexibility index (Phi) is 12.0. The Morgan fingerprint density at radius 2 is 1.62 bits per heavy atom. The van der Waals surface area contributed by atoms with E-state index < -0.39 is 11.2 Å². The topological polar surface area (TPSA) is 40.1 Å². The van der Waals surface area contributed by atoms with Crippen LogP contribution >= 0.6 is 11.8 Å². The summed E-state index contributed by atoms with van der Waals surface area (Å²) < 4.78 is 0. The number of hydrogen-bond acceptors (Lipinski definition) is 3. The molecule has 1 atom stereocenters. The number of carbonyl (C=O) groups is 1. The van der Waals surface area contributed by atoms with Crippen LogP contribution in [0.5, 0.6) is 0 Å². The van der Waals surface area contributed by atoms with Gasteiger partial charge in [-0.05, 0) is 18.6 Å². The first-order valence-electron chi connectivity index (χ1n) is 9.12. The van der Waals surface area contributed by atoms with E-state index in [0.717, 1.165) is 17.7 Å². The Bertz CT molecular complexity index is 502. The van der Waals surface area contributed by atoms with Gasteiger partial charge >= 0.3 is 0 Å². The molecule has 0 aliphatic carbocycles. The van der Waals surface area contributed by atoms with Crippen molar-refractivity contribution < 1.29 is 9.90 Å². The zero-order valence-electron chi connectivity index (χ0n) is 14.8. The lowest BCUT2D eigenvalue weighted by Gasteiger charge is -2.14. The molecule has 0 amide bonds. The summed E-state index contributed by atoms with van der Waals surface area (Å²) >= 11 is 1.31. The molecule has 0 N–H and O–H groups in total. The molecule has 3 heteroatoms. The molecule has 1 unspecified atom stereocenters. The Hall–Kier alpha value is -1.40. The highest BCUT2D eigenvalue weighted by Gasteiger charge is 2.09. The molecular weight excluding hydrogens is 316 g/mol. The van der Waals surface area contributed by atoms with Crippen LogP contribution in [0, 0.1) is 11.8 Å². The SMILES string of the molecule is CCCCCCCCCCC#CCC(Sc1ccccc1)C(=O)[O-]. The van der Waals surface area contributed by atoms with Crippen LogP contribution in [0.15, 0.2) is 35.2 Å². The highest BCUT2D eigenvalue weighted by Crippen LogP contribution is 2.24. The molecule has 0 bridgehead atoms. The molecule has 24 heavy (non-hydrogen) atoms. The molecule has 0 spiro atoms. The first-order chi connectivity index (χ1) is 11.7. The lowest BCUT2D eigenvalue weighted by atomic mass is 10.1. The quantitative estimate of drug-likeness (QED) is 0.310. The number of carboxylic acid groups (broad SMARTS) is 1. The second kappa shape index (κ2) is 14.0. The van der Waals surface area contributed by atoms with Gasteiger partial charge < -0.3 is 9.90 Å². The molecule has 132 valence electrons. The molecule has 0 aliphatic heterocycles. The zero-order valence-corrected chi connectivity index (χ0v) is 15.6. The van der Waals surface area contributed by atoms with Crippen molar-refractivity contribution >= 4 is 17.7 Å². The van der Waals surface area contributed by atoms with E-state index in [1.54, 1.807) is 0 Å². The highest BCUT2D eigenvalue weighted by molar-refractivity contribution is 8.00. The number of thioether (sulfide) groups is 1. The molecule has 1 aromatic carbocycles. The van der Waals surface area contributed by atoms with Crippen molar-refractivity contribution in [2.45, 2.75) is 81.3 Å². The Balaban J connectivity index is 2.15. The van der Waals surface area contributed by atoms with Gasteiger partial charge in [0, 0.05) is 17.7 Å². The molecule has 0 saturated heterocycles. The second-order valence-electron chi connectivity index (χ2n) is 6.02. The van der Waals surface area contributed by atoms with Gasteiger partial charge in [0.15, 0.2) is 0 Å². The van der Waals surface area contributed by atoms with E-state index >= 15 is 0 Å². The molecule has 0 aliphatic rings.